The van der Waals surface area contributed by atoms with Gasteiger partial charge in [0.15, 0.2) is 0 Å². The Morgan fingerprint density at radius 1 is 1.31 bits per heavy atom. The summed E-state index contributed by atoms with van der Waals surface area (Å²) in [5.41, 5.74) is 0. The number of rotatable bonds is 5. The maximum atomic E-state index is 12.4. The minimum absolute atomic E-state index is 0.0623. The van der Waals surface area contributed by atoms with Crippen LogP contribution in [-0.2, 0) is 0 Å². The van der Waals surface area contributed by atoms with Gasteiger partial charge in [-0.3, -0.25) is 0 Å². The first-order valence-electron chi connectivity index (χ1n) is 4.14. The second kappa shape index (κ2) is 5.54. The third-order valence-electron chi connectivity index (χ3n) is 1.53. The number of benzene rings is 1. The van der Waals surface area contributed by atoms with Crippen molar-refractivity contribution in [2.24, 2.45) is 0 Å². The van der Waals surface area contributed by atoms with E-state index in [1.54, 1.807) is 18.6 Å². The Morgan fingerprint density at radius 3 is 2.62 bits per heavy atom. The average molecular weight is 183 g/mol. The van der Waals surface area contributed by atoms with Gasteiger partial charge in [0.25, 0.3) is 0 Å². The summed E-state index contributed by atoms with van der Waals surface area (Å²) in [6.07, 6.45) is 2.40. The van der Waals surface area contributed by atoms with Crippen molar-refractivity contribution < 1.29 is 14.2 Å². The maximum Gasteiger partial charge on any atom is 0.123 e. The van der Waals surface area contributed by atoms with E-state index in [1.807, 2.05) is 0 Å². The van der Waals surface area contributed by atoms with Crippen LogP contribution >= 0.6 is 0 Å². The predicted molar refractivity (Wildman–Crippen MR) is 47.9 cm³/mol. The van der Waals surface area contributed by atoms with Gasteiger partial charge in [0.2, 0.25) is 0 Å². The monoisotopic (exact) mass is 183 g/mol. The first-order chi connectivity index (χ1) is 6.33. The van der Waals surface area contributed by atoms with Gasteiger partial charge >= 0.3 is 0 Å². The Hall–Kier alpha value is -1.09. The Labute approximate surface area is 77.0 Å². The highest BCUT2D eigenvalue weighted by molar-refractivity contribution is 5.21. The highest BCUT2D eigenvalue weighted by Crippen LogP contribution is 2.11. The van der Waals surface area contributed by atoms with Gasteiger partial charge in [0, 0.05) is 6.61 Å². The molecular formula is C10H12FO2. The second-order valence-electron chi connectivity index (χ2n) is 2.56. The fraction of sp³-hybridized carbons (Fsp3) is 0.300. The van der Waals surface area contributed by atoms with E-state index < -0.39 is 0 Å². The Bertz CT molecular complexity index is 233. The summed E-state index contributed by atoms with van der Waals surface area (Å²) in [6, 6.07) is 5.86. The molecule has 0 saturated carbocycles. The molecule has 1 rings (SSSR count). The lowest BCUT2D eigenvalue weighted by Gasteiger charge is -2.04. The van der Waals surface area contributed by atoms with Gasteiger partial charge < -0.3 is 9.84 Å². The zero-order valence-corrected chi connectivity index (χ0v) is 7.24. The summed E-state index contributed by atoms with van der Waals surface area (Å²) in [4.78, 5) is 0. The quantitative estimate of drug-likeness (QED) is 0.705. The van der Waals surface area contributed by atoms with E-state index in [-0.39, 0.29) is 12.4 Å². The third-order valence-corrected chi connectivity index (χ3v) is 1.53. The predicted octanol–water partition coefficient (Wildman–Crippen LogP) is 1.79. The molecule has 0 aliphatic carbocycles. The third kappa shape index (κ3) is 3.90. The van der Waals surface area contributed by atoms with E-state index in [9.17, 15) is 4.39 Å². The molecule has 0 heterocycles. The molecule has 0 aromatic heterocycles. The van der Waals surface area contributed by atoms with Crippen LogP contribution in [-0.4, -0.2) is 18.3 Å². The van der Waals surface area contributed by atoms with E-state index in [0.717, 1.165) is 0 Å². The second-order valence-corrected chi connectivity index (χ2v) is 2.56. The van der Waals surface area contributed by atoms with Gasteiger partial charge in [-0.25, -0.2) is 4.39 Å². The first kappa shape index (κ1) is 9.99. The molecule has 0 aliphatic heterocycles. The van der Waals surface area contributed by atoms with Crippen molar-refractivity contribution in [1.82, 2.24) is 0 Å². The number of ether oxygens (including phenoxy) is 1. The van der Waals surface area contributed by atoms with Crippen LogP contribution in [0.15, 0.2) is 24.3 Å². The number of unbranched alkanes of at least 4 members (excludes halogenated alkanes) is 1. The molecule has 1 N–H and O–H groups in total. The van der Waals surface area contributed by atoms with Crippen LogP contribution in [0.4, 0.5) is 4.39 Å². The van der Waals surface area contributed by atoms with Gasteiger partial charge in [-0.1, -0.05) is 0 Å². The summed E-state index contributed by atoms with van der Waals surface area (Å²) in [7, 11) is 0. The van der Waals surface area contributed by atoms with E-state index in [0.29, 0.717) is 18.8 Å². The van der Waals surface area contributed by atoms with Crippen molar-refractivity contribution in [1.29, 1.82) is 0 Å². The summed E-state index contributed by atoms with van der Waals surface area (Å²) in [5, 5.41) is 8.44. The van der Waals surface area contributed by atoms with Crippen LogP contribution in [0.2, 0.25) is 0 Å². The number of aliphatic hydroxyl groups excluding tert-OH is 1. The van der Waals surface area contributed by atoms with E-state index >= 15 is 0 Å². The van der Waals surface area contributed by atoms with E-state index in [4.69, 9.17) is 9.84 Å². The van der Waals surface area contributed by atoms with Gasteiger partial charge in [-0.2, -0.15) is 0 Å². The van der Waals surface area contributed by atoms with Crippen LogP contribution < -0.4 is 4.74 Å². The molecule has 0 amide bonds. The molecule has 0 fully saturated rings. The molecule has 13 heavy (non-hydrogen) atoms. The number of hydrogen-bond acceptors (Lipinski definition) is 2. The van der Waals surface area contributed by atoms with Crippen molar-refractivity contribution in [3.05, 3.63) is 36.5 Å². The maximum absolute atomic E-state index is 12.4. The van der Waals surface area contributed by atoms with Gasteiger partial charge in [0.05, 0.1) is 6.61 Å². The summed E-state index contributed by atoms with van der Waals surface area (Å²) < 4.78 is 17.7. The highest BCUT2D eigenvalue weighted by Gasteiger charge is 1.93. The minimum atomic E-state index is -0.269. The van der Waals surface area contributed by atoms with Gasteiger partial charge in [-0.05, 0) is 37.1 Å². The fourth-order valence-corrected chi connectivity index (χ4v) is 0.882. The molecule has 71 valence electrons. The summed E-state index contributed by atoms with van der Waals surface area (Å²) in [5.74, 6) is 0.377. The van der Waals surface area contributed by atoms with Crippen LogP contribution in [0.1, 0.15) is 6.42 Å². The average Bonchev–Trinajstić information content (AvgIpc) is 2.15. The number of halogens is 1. The standard InChI is InChI=1S/C10H12FO2/c11-9-3-5-10(6-4-9)13-8-2-1-7-12/h1,3-6,12H,2,7-8H2. The lowest BCUT2D eigenvalue weighted by molar-refractivity contribution is 0.290. The molecule has 0 atom stereocenters. The van der Waals surface area contributed by atoms with Crippen molar-refractivity contribution in [3.63, 3.8) is 0 Å². The number of hydrogen-bond donors (Lipinski definition) is 1. The molecule has 1 aromatic carbocycles. The van der Waals surface area contributed by atoms with Crippen LogP contribution in [0.25, 0.3) is 0 Å². The van der Waals surface area contributed by atoms with Crippen molar-refractivity contribution in [2.75, 3.05) is 13.2 Å². The smallest absolute Gasteiger partial charge is 0.123 e. The summed E-state index contributed by atoms with van der Waals surface area (Å²) >= 11 is 0. The van der Waals surface area contributed by atoms with E-state index in [1.165, 1.54) is 12.1 Å². The normalized spacial score (nSPS) is 10.0. The van der Waals surface area contributed by atoms with Crippen LogP contribution in [0.3, 0.4) is 0 Å². The van der Waals surface area contributed by atoms with Crippen molar-refractivity contribution in [3.8, 4) is 5.75 Å². The first-order valence-corrected chi connectivity index (χ1v) is 4.14. The fourth-order valence-electron chi connectivity index (χ4n) is 0.882. The largest absolute Gasteiger partial charge is 0.494 e. The van der Waals surface area contributed by atoms with Gasteiger partial charge in [-0.15, -0.1) is 0 Å². The Kier molecular flexibility index (Phi) is 4.26. The minimum Gasteiger partial charge on any atom is -0.494 e. The molecule has 3 heteroatoms. The molecule has 0 spiro atoms. The van der Waals surface area contributed by atoms with Crippen molar-refractivity contribution >= 4 is 0 Å². The van der Waals surface area contributed by atoms with E-state index in [2.05, 4.69) is 0 Å². The lowest BCUT2D eigenvalue weighted by Crippen LogP contribution is -1.98. The molecule has 0 aliphatic rings. The SMILES string of the molecule is OC[CH]CCOc1ccc(F)cc1. The highest BCUT2D eigenvalue weighted by atomic mass is 19.1. The Balaban J connectivity index is 2.25. The Morgan fingerprint density at radius 2 is 2.00 bits per heavy atom. The van der Waals surface area contributed by atoms with Crippen LogP contribution in [0.5, 0.6) is 5.75 Å². The van der Waals surface area contributed by atoms with Crippen LogP contribution in [0, 0.1) is 12.2 Å². The molecule has 2 nitrogen and oxygen atoms in total. The molecule has 1 radical (unpaired) electrons. The summed E-state index contributed by atoms with van der Waals surface area (Å²) in [6.45, 7) is 0.568. The molecular weight excluding hydrogens is 171 g/mol. The zero-order chi connectivity index (χ0) is 9.52. The number of aliphatic hydroxyl groups is 1. The molecule has 1 aromatic rings. The molecule has 0 saturated heterocycles. The molecule has 0 bridgehead atoms. The van der Waals surface area contributed by atoms with Gasteiger partial charge in [0.1, 0.15) is 11.6 Å². The lowest BCUT2D eigenvalue weighted by atomic mass is 10.3. The topological polar surface area (TPSA) is 29.5 Å². The zero-order valence-electron chi connectivity index (χ0n) is 7.24. The van der Waals surface area contributed by atoms with Crippen molar-refractivity contribution in [2.45, 2.75) is 6.42 Å². The molecule has 0 unspecified atom stereocenters.